The fourth-order valence-electron chi connectivity index (χ4n) is 1.36. The van der Waals surface area contributed by atoms with Crippen molar-refractivity contribution in [2.45, 2.75) is 27.2 Å². The third-order valence-corrected chi connectivity index (χ3v) is 2.39. The molecular formula is C16H20. The summed E-state index contributed by atoms with van der Waals surface area (Å²) >= 11 is 0. The van der Waals surface area contributed by atoms with Crippen LogP contribution in [0.15, 0.2) is 65.8 Å². The van der Waals surface area contributed by atoms with Crippen molar-refractivity contribution in [3.63, 3.8) is 0 Å². The van der Waals surface area contributed by atoms with Crippen molar-refractivity contribution in [1.82, 2.24) is 0 Å². The van der Waals surface area contributed by atoms with Crippen LogP contribution in [0.5, 0.6) is 0 Å². The Bertz CT molecular complexity index is 391. The van der Waals surface area contributed by atoms with Crippen LogP contribution in [0.4, 0.5) is 0 Å². The van der Waals surface area contributed by atoms with E-state index in [1.165, 1.54) is 16.7 Å². The van der Waals surface area contributed by atoms with Gasteiger partial charge >= 0.3 is 0 Å². The van der Waals surface area contributed by atoms with E-state index in [0.29, 0.717) is 0 Å². The third-order valence-electron chi connectivity index (χ3n) is 2.39. The molecule has 0 radical (unpaired) electrons. The summed E-state index contributed by atoms with van der Waals surface area (Å²) in [5, 5.41) is 0. The molecule has 1 aromatic rings. The van der Waals surface area contributed by atoms with E-state index in [9.17, 15) is 0 Å². The van der Waals surface area contributed by atoms with Gasteiger partial charge in [-0.05, 0) is 27.2 Å². The minimum absolute atomic E-state index is 1.10. The van der Waals surface area contributed by atoms with Gasteiger partial charge in [-0.1, -0.05) is 71.3 Å². The second-order valence-corrected chi connectivity index (χ2v) is 4.18. The first-order valence-electron chi connectivity index (χ1n) is 5.71. The molecule has 0 aliphatic heterocycles. The van der Waals surface area contributed by atoms with E-state index in [-0.39, 0.29) is 0 Å². The van der Waals surface area contributed by atoms with Gasteiger partial charge in [-0.2, -0.15) is 0 Å². The Labute approximate surface area is 99.0 Å². The van der Waals surface area contributed by atoms with Crippen LogP contribution in [0, 0.1) is 6.92 Å². The summed E-state index contributed by atoms with van der Waals surface area (Å²) < 4.78 is 0. The van der Waals surface area contributed by atoms with Gasteiger partial charge in [0.15, 0.2) is 0 Å². The molecule has 0 amide bonds. The van der Waals surface area contributed by atoms with Gasteiger partial charge in [0, 0.05) is 0 Å². The van der Waals surface area contributed by atoms with Gasteiger partial charge < -0.3 is 0 Å². The number of hydrogen-bond donors (Lipinski definition) is 0. The molecule has 0 heterocycles. The fourth-order valence-corrected chi connectivity index (χ4v) is 1.36. The SMILES string of the molecule is CC1=CC=C(C)CC=C1.Cc1ccccc1. The fraction of sp³-hybridized carbons (Fsp3) is 0.250. The first kappa shape index (κ1) is 12.5. The van der Waals surface area contributed by atoms with Crippen LogP contribution in [-0.4, -0.2) is 0 Å². The van der Waals surface area contributed by atoms with Gasteiger partial charge in [0.05, 0.1) is 0 Å². The van der Waals surface area contributed by atoms with E-state index in [0.717, 1.165) is 6.42 Å². The summed E-state index contributed by atoms with van der Waals surface area (Å²) in [6, 6.07) is 10.3. The van der Waals surface area contributed by atoms with Crippen molar-refractivity contribution in [1.29, 1.82) is 0 Å². The van der Waals surface area contributed by atoms with Crippen LogP contribution in [0.1, 0.15) is 25.8 Å². The molecule has 1 aliphatic carbocycles. The number of allylic oxidation sites excluding steroid dienone is 6. The van der Waals surface area contributed by atoms with Crippen molar-refractivity contribution in [2.75, 3.05) is 0 Å². The smallest absolute Gasteiger partial charge is 0.0135 e. The van der Waals surface area contributed by atoms with Crippen molar-refractivity contribution >= 4 is 0 Å². The molecule has 0 unspecified atom stereocenters. The Morgan fingerprint density at radius 1 is 0.875 bits per heavy atom. The second-order valence-electron chi connectivity index (χ2n) is 4.18. The predicted molar refractivity (Wildman–Crippen MR) is 72.5 cm³/mol. The maximum atomic E-state index is 2.20. The Morgan fingerprint density at radius 3 is 2.12 bits per heavy atom. The number of hydrogen-bond acceptors (Lipinski definition) is 0. The number of rotatable bonds is 0. The first-order chi connectivity index (χ1) is 7.68. The highest BCUT2D eigenvalue weighted by molar-refractivity contribution is 5.28. The summed E-state index contributed by atoms with van der Waals surface area (Å²) in [5.41, 5.74) is 4.09. The Hall–Kier alpha value is -1.56. The monoisotopic (exact) mass is 212 g/mol. The Morgan fingerprint density at radius 2 is 1.56 bits per heavy atom. The lowest BCUT2D eigenvalue weighted by Gasteiger charge is -1.86. The molecule has 0 spiro atoms. The van der Waals surface area contributed by atoms with Gasteiger partial charge in [0.2, 0.25) is 0 Å². The van der Waals surface area contributed by atoms with E-state index in [1.807, 2.05) is 18.2 Å². The highest BCUT2D eigenvalue weighted by atomic mass is 13.9. The van der Waals surface area contributed by atoms with Crippen LogP contribution in [0.25, 0.3) is 0 Å². The van der Waals surface area contributed by atoms with Crippen LogP contribution in [0.3, 0.4) is 0 Å². The molecule has 0 saturated heterocycles. The summed E-state index contributed by atoms with van der Waals surface area (Å²) in [7, 11) is 0. The molecule has 0 fully saturated rings. The molecule has 0 bridgehead atoms. The summed E-state index contributed by atoms with van der Waals surface area (Å²) in [6.07, 6.45) is 9.79. The van der Waals surface area contributed by atoms with Crippen LogP contribution >= 0.6 is 0 Å². The number of aryl methyl sites for hydroxylation is 1. The van der Waals surface area contributed by atoms with Crippen molar-refractivity contribution in [3.05, 3.63) is 71.3 Å². The minimum atomic E-state index is 1.10. The van der Waals surface area contributed by atoms with E-state index < -0.39 is 0 Å². The van der Waals surface area contributed by atoms with Crippen LogP contribution in [0.2, 0.25) is 0 Å². The Kier molecular flexibility index (Phi) is 5.35. The van der Waals surface area contributed by atoms with Crippen LogP contribution < -0.4 is 0 Å². The predicted octanol–water partition coefficient (Wildman–Crippen LogP) is 4.83. The maximum absolute atomic E-state index is 2.20. The molecule has 2 rings (SSSR count). The van der Waals surface area contributed by atoms with Gasteiger partial charge in [0.25, 0.3) is 0 Å². The van der Waals surface area contributed by atoms with E-state index in [1.54, 1.807) is 0 Å². The Balaban J connectivity index is 0.000000165. The lowest BCUT2D eigenvalue weighted by atomic mass is 10.2. The van der Waals surface area contributed by atoms with Gasteiger partial charge in [0.1, 0.15) is 0 Å². The standard InChI is InChI=1S/C9H12.C7H8/c1-8-4-3-5-9(2)7-6-8;1-7-5-3-2-4-6-7/h3-4,6-7H,5H2,1-2H3;2-6H,1H3. The molecule has 1 aliphatic rings. The van der Waals surface area contributed by atoms with E-state index >= 15 is 0 Å². The molecule has 0 atom stereocenters. The topological polar surface area (TPSA) is 0 Å². The zero-order valence-electron chi connectivity index (χ0n) is 10.4. The largest absolute Gasteiger partial charge is 0.0802 e. The highest BCUT2D eigenvalue weighted by Gasteiger charge is 1.88. The molecule has 0 saturated carbocycles. The second kappa shape index (κ2) is 6.84. The van der Waals surface area contributed by atoms with Gasteiger partial charge in [-0.15, -0.1) is 0 Å². The molecule has 84 valence electrons. The lowest BCUT2D eigenvalue weighted by Crippen LogP contribution is -1.66. The lowest BCUT2D eigenvalue weighted by molar-refractivity contribution is 1.22. The molecule has 0 aromatic heterocycles. The van der Waals surface area contributed by atoms with E-state index in [4.69, 9.17) is 0 Å². The van der Waals surface area contributed by atoms with E-state index in [2.05, 4.69) is 57.2 Å². The molecule has 1 aromatic carbocycles. The zero-order chi connectivity index (χ0) is 11.8. The quantitative estimate of drug-likeness (QED) is 0.577. The number of benzene rings is 1. The molecule has 0 nitrogen and oxygen atoms in total. The normalized spacial score (nSPS) is 14.2. The zero-order valence-corrected chi connectivity index (χ0v) is 10.4. The summed E-state index contributed by atoms with van der Waals surface area (Å²) in [5.74, 6) is 0. The van der Waals surface area contributed by atoms with Gasteiger partial charge in [-0.25, -0.2) is 0 Å². The molecule has 0 N–H and O–H groups in total. The van der Waals surface area contributed by atoms with Crippen LogP contribution in [-0.2, 0) is 0 Å². The highest BCUT2D eigenvalue weighted by Crippen LogP contribution is 2.08. The molecular weight excluding hydrogens is 192 g/mol. The summed E-state index contributed by atoms with van der Waals surface area (Å²) in [4.78, 5) is 0. The summed E-state index contributed by atoms with van der Waals surface area (Å²) in [6.45, 7) is 6.35. The average Bonchev–Trinajstić information content (AvgIpc) is 2.46. The molecule has 0 heteroatoms. The van der Waals surface area contributed by atoms with Crippen molar-refractivity contribution in [3.8, 4) is 0 Å². The van der Waals surface area contributed by atoms with Crippen molar-refractivity contribution < 1.29 is 0 Å². The third kappa shape index (κ3) is 5.35. The maximum Gasteiger partial charge on any atom is -0.0135 e. The van der Waals surface area contributed by atoms with Crippen molar-refractivity contribution in [2.24, 2.45) is 0 Å². The van der Waals surface area contributed by atoms with Gasteiger partial charge in [-0.3, -0.25) is 0 Å². The first-order valence-corrected chi connectivity index (χ1v) is 5.71. The molecule has 16 heavy (non-hydrogen) atoms. The minimum Gasteiger partial charge on any atom is -0.0802 e. The average molecular weight is 212 g/mol.